The van der Waals surface area contributed by atoms with Crippen molar-refractivity contribution in [3.63, 3.8) is 0 Å². The third-order valence-corrected chi connectivity index (χ3v) is 6.31. The van der Waals surface area contributed by atoms with E-state index in [1.165, 1.54) is 0 Å². The third-order valence-electron chi connectivity index (χ3n) is 6.31. The summed E-state index contributed by atoms with van der Waals surface area (Å²) in [7, 11) is 0. The van der Waals surface area contributed by atoms with Crippen molar-refractivity contribution in [2.24, 2.45) is 5.73 Å². The normalized spacial score (nSPS) is 25.0. The minimum absolute atomic E-state index is 0.204. The molecular weight excluding hydrogens is 424 g/mol. The van der Waals surface area contributed by atoms with Gasteiger partial charge in [-0.1, -0.05) is 31.5 Å². The monoisotopic (exact) mass is 453 g/mol. The maximum atomic E-state index is 13.0. The summed E-state index contributed by atoms with van der Waals surface area (Å²) in [4.78, 5) is 35.9. The topological polar surface area (TPSA) is 131 Å². The SMILES string of the molecule is CCCCC1Oc2ccccc2[N+]1(O)CC(=O)Nc1ccc2c(c1)CC(C=O)(NC(N)=O)C2. The first-order valence-electron chi connectivity index (χ1n) is 11.1. The van der Waals surface area contributed by atoms with Crippen LogP contribution in [0.3, 0.4) is 0 Å². The van der Waals surface area contributed by atoms with Crippen molar-refractivity contribution < 1.29 is 24.3 Å². The molecule has 5 N–H and O–H groups in total. The number of aldehydes is 1. The molecule has 174 valence electrons. The van der Waals surface area contributed by atoms with E-state index in [2.05, 4.69) is 17.6 Å². The number of nitrogens with two attached hydrogens (primary N) is 1. The van der Waals surface area contributed by atoms with Crippen LogP contribution in [0.2, 0.25) is 0 Å². The van der Waals surface area contributed by atoms with E-state index in [-0.39, 0.29) is 12.5 Å². The lowest BCUT2D eigenvalue weighted by atomic mass is 9.98. The number of amides is 3. The average Bonchev–Trinajstić information content (AvgIpc) is 3.26. The number of hydrogen-bond donors (Lipinski definition) is 4. The predicted molar refractivity (Wildman–Crippen MR) is 123 cm³/mol. The molecule has 3 unspecified atom stereocenters. The zero-order valence-electron chi connectivity index (χ0n) is 18.5. The van der Waals surface area contributed by atoms with Crippen LogP contribution in [0.5, 0.6) is 5.75 Å². The number of urea groups is 1. The molecule has 1 aliphatic heterocycles. The molecular formula is C24H29N4O5+. The Balaban J connectivity index is 1.49. The molecule has 0 fully saturated rings. The van der Waals surface area contributed by atoms with Gasteiger partial charge in [-0.2, -0.15) is 0 Å². The highest BCUT2D eigenvalue weighted by Gasteiger charge is 2.50. The number of fused-ring (bicyclic) bond motifs is 2. The predicted octanol–water partition coefficient (Wildman–Crippen LogP) is 2.64. The number of para-hydroxylation sites is 2. The Morgan fingerprint density at radius 2 is 2.00 bits per heavy atom. The molecule has 4 rings (SSSR count). The van der Waals surface area contributed by atoms with Gasteiger partial charge in [0.2, 0.25) is 5.69 Å². The van der Waals surface area contributed by atoms with Crippen LogP contribution in [-0.2, 0) is 22.4 Å². The molecule has 9 nitrogen and oxygen atoms in total. The number of carbonyl (C=O) groups is 3. The summed E-state index contributed by atoms with van der Waals surface area (Å²) in [6, 6.07) is 11.8. The molecule has 0 bridgehead atoms. The number of hydroxylamine groups is 2. The molecule has 1 aliphatic carbocycles. The van der Waals surface area contributed by atoms with E-state index < -0.39 is 22.4 Å². The molecule has 3 amide bonds. The fraction of sp³-hybridized carbons (Fsp3) is 0.375. The summed E-state index contributed by atoms with van der Waals surface area (Å²) in [6.07, 6.45) is 3.21. The van der Waals surface area contributed by atoms with E-state index in [0.29, 0.717) is 42.7 Å². The highest BCUT2D eigenvalue weighted by molar-refractivity contribution is 5.94. The van der Waals surface area contributed by atoms with Crippen LogP contribution in [0.1, 0.15) is 37.3 Å². The number of unbranched alkanes of at least 4 members (excludes halogenated alkanes) is 1. The standard InChI is InChI=1S/C24H28N4O5/c1-2-3-8-22-28(32,19-6-4-5-7-20(19)33-22)14-21(30)26-18-10-9-16-12-24(15-29,27-23(25)31)13-17(16)11-18/h4-7,9-11,15,22,32H,2-3,8,12-14H2,1H3,(H3-,25,26,27,30,31)/p+1. The smallest absolute Gasteiger partial charge is 0.312 e. The lowest BCUT2D eigenvalue weighted by Crippen LogP contribution is -2.56. The van der Waals surface area contributed by atoms with Gasteiger partial charge in [-0.3, -0.25) is 4.79 Å². The van der Waals surface area contributed by atoms with E-state index in [9.17, 15) is 19.6 Å². The summed E-state index contributed by atoms with van der Waals surface area (Å²) in [5, 5.41) is 16.9. The summed E-state index contributed by atoms with van der Waals surface area (Å²) >= 11 is 0. The van der Waals surface area contributed by atoms with Crippen molar-refractivity contribution in [1.29, 1.82) is 0 Å². The van der Waals surface area contributed by atoms with Gasteiger partial charge in [-0.15, -0.1) is 4.65 Å². The van der Waals surface area contributed by atoms with Crippen LogP contribution in [0, 0.1) is 0 Å². The number of anilines is 1. The zero-order valence-corrected chi connectivity index (χ0v) is 18.5. The number of quaternary nitrogens is 1. The zero-order chi connectivity index (χ0) is 23.6. The minimum Gasteiger partial charge on any atom is -0.433 e. The highest BCUT2D eigenvalue weighted by Crippen LogP contribution is 2.42. The van der Waals surface area contributed by atoms with E-state index in [1.54, 1.807) is 24.3 Å². The van der Waals surface area contributed by atoms with Crippen LogP contribution in [0.15, 0.2) is 42.5 Å². The molecule has 9 heteroatoms. The van der Waals surface area contributed by atoms with Crippen LogP contribution < -0.4 is 25.8 Å². The second kappa shape index (κ2) is 8.84. The van der Waals surface area contributed by atoms with Crippen molar-refractivity contribution in [2.45, 2.75) is 50.8 Å². The van der Waals surface area contributed by atoms with Gasteiger partial charge in [0.25, 0.3) is 12.1 Å². The Morgan fingerprint density at radius 3 is 2.73 bits per heavy atom. The molecule has 33 heavy (non-hydrogen) atoms. The van der Waals surface area contributed by atoms with Crippen LogP contribution in [0.4, 0.5) is 16.2 Å². The summed E-state index contributed by atoms with van der Waals surface area (Å²) in [6.45, 7) is 1.86. The van der Waals surface area contributed by atoms with Gasteiger partial charge >= 0.3 is 6.03 Å². The molecule has 0 spiro atoms. The first-order valence-corrected chi connectivity index (χ1v) is 11.1. The Bertz CT molecular complexity index is 1090. The number of hydrogen-bond acceptors (Lipinski definition) is 5. The fourth-order valence-corrected chi connectivity index (χ4v) is 4.75. The second-order valence-electron chi connectivity index (χ2n) is 8.82. The molecule has 3 atom stereocenters. The Hall–Kier alpha value is -3.43. The number of nitrogens with one attached hydrogen (secondary N) is 2. The van der Waals surface area contributed by atoms with Gasteiger partial charge in [0.15, 0.2) is 12.3 Å². The largest absolute Gasteiger partial charge is 0.433 e. The molecule has 0 saturated carbocycles. The van der Waals surface area contributed by atoms with Gasteiger partial charge in [0, 0.05) is 31.0 Å². The second-order valence-corrected chi connectivity index (χ2v) is 8.82. The van der Waals surface area contributed by atoms with E-state index >= 15 is 0 Å². The van der Waals surface area contributed by atoms with Crippen LogP contribution in [-0.4, -0.2) is 41.7 Å². The number of ether oxygens (including phenoxy) is 1. The summed E-state index contributed by atoms with van der Waals surface area (Å²) in [5.41, 5.74) is 7.02. The third kappa shape index (κ3) is 4.42. The van der Waals surface area contributed by atoms with Crippen molar-refractivity contribution in [3.05, 3.63) is 53.6 Å². The highest BCUT2D eigenvalue weighted by atomic mass is 16.6. The molecule has 2 aromatic carbocycles. The Kier molecular flexibility index (Phi) is 6.09. The Labute approximate surface area is 192 Å². The average molecular weight is 454 g/mol. The number of nitrogens with zero attached hydrogens (tertiary/aromatic N) is 1. The van der Waals surface area contributed by atoms with Gasteiger partial charge < -0.3 is 25.9 Å². The van der Waals surface area contributed by atoms with Crippen molar-refractivity contribution in [1.82, 2.24) is 9.96 Å². The first-order chi connectivity index (χ1) is 15.8. The van der Waals surface area contributed by atoms with Gasteiger partial charge in [0.1, 0.15) is 11.8 Å². The molecule has 0 aromatic heterocycles. The quantitative estimate of drug-likeness (QED) is 0.361. The number of carbonyl (C=O) groups excluding carboxylic acids is 3. The van der Waals surface area contributed by atoms with Crippen molar-refractivity contribution in [3.8, 4) is 5.75 Å². The number of benzene rings is 2. The maximum absolute atomic E-state index is 13.0. The lowest BCUT2D eigenvalue weighted by molar-refractivity contribution is -0.162. The molecule has 0 saturated heterocycles. The number of rotatable bonds is 8. The molecule has 2 aliphatic rings. The van der Waals surface area contributed by atoms with Gasteiger partial charge in [-0.25, -0.2) is 10.0 Å². The van der Waals surface area contributed by atoms with E-state index in [1.807, 2.05) is 18.2 Å². The van der Waals surface area contributed by atoms with E-state index in [4.69, 9.17) is 10.5 Å². The van der Waals surface area contributed by atoms with Crippen molar-refractivity contribution in [2.75, 3.05) is 11.9 Å². The molecule has 1 heterocycles. The summed E-state index contributed by atoms with van der Waals surface area (Å²) in [5.74, 6) is 0.216. The molecule has 2 aromatic rings. The Morgan fingerprint density at radius 1 is 1.24 bits per heavy atom. The van der Waals surface area contributed by atoms with Gasteiger partial charge in [0.05, 0.1) is 0 Å². The summed E-state index contributed by atoms with van der Waals surface area (Å²) < 4.78 is 5.36. The number of primary amides is 1. The maximum Gasteiger partial charge on any atom is 0.312 e. The lowest BCUT2D eigenvalue weighted by Gasteiger charge is -2.29. The van der Waals surface area contributed by atoms with Gasteiger partial charge in [-0.05, 0) is 35.7 Å². The van der Waals surface area contributed by atoms with E-state index in [0.717, 1.165) is 24.0 Å². The minimum atomic E-state index is -1.07. The fourth-order valence-electron chi connectivity index (χ4n) is 4.75. The first kappa shape index (κ1) is 22.8. The van der Waals surface area contributed by atoms with Crippen molar-refractivity contribution >= 4 is 29.6 Å². The molecule has 0 radical (unpaired) electrons. The van der Waals surface area contributed by atoms with Crippen LogP contribution in [0.25, 0.3) is 0 Å². The van der Waals surface area contributed by atoms with Crippen LogP contribution >= 0.6 is 0 Å².